The van der Waals surface area contributed by atoms with Crippen LogP contribution < -0.4 is 16.2 Å². The number of nitrogens with one attached hydrogen (secondary N) is 4. The van der Waals surface area contributed by atoms with E-state index in [2.05, 4.69) is 31.1 Å². The van der Waals surface area contributed by atoms with E-state index >= 15 is 0 Å². The minimum Gasteiger partial charge on any atom is -0.348 e. The lowest BCUT2D eigenvalue weighted by molar-refractivity contribution is -0.124. The van der Waals surface area contributed by atoms with E-state index in [1.165, 1.54) is 17.7 Å². The number of aryl methyl sites for hydroxylation is 1. The molecule has 0 aliphatic rings. The molecule has 0 radical (unpaired) electrons. The van der Waals surface area contributed by atoms with Crippen LogP contribution in [0.3, 0.4) is 0 Å². The van der Waals surface area contributed by atoms with Gasteiger partial charge in [-0.05, 0) is 23.6 Å². The van der Waals surface area contributed by atoms with Crippen molar-refractivity contribution in [3.63, 3.8) is 0 Å². The third-order valence-corrected chi connectivity index (χ3v) is 6.21. The predicted molar refractivity (Wildman–Crippen MR) is 130 cm³/mol. The molecular weight excluding hydrogens is 452 g/mol. The van der Waals surface area contributed by atoms with Crippen LogP contribution in [0.5, 0.6) is 0 Å². The van der Waals surface area contributed by atoms with Crippen molar-refractivity contribution in [2.45, 2.75) is 26.8 Å². The lowest BCUT2D eigenvalue weighted by atomic mass is 10.0. The second-order valence-corrected chi connectivity index (χ2v) is 8.94. The fourth-order valence-corrected chi connectivity index (χ4v) is 4.35. The number of aromatic amines is 1. The number of amides is 3. The van der Waals surface area contributed by atoms with Gasteiger partial charge in [-0.25, -0.2) is 9.97 Å². The number of nitrogens with zero attached hydrogens (tertiary/aromatic N) is 2. The molecule has 0 unspecified atom stereocenters. The van der Waals surface area contributed by atoms with Crippen LogP contribution in [0.4, 0.5) is 0 Å². The highest BCUT2D eigenvalue weighted by atomic mass is 32.1. The summed E-state index contributed by atoms with van der Waals surface area (Å²) in [6.07, 6.45) is 1.41. The predicted octanol–water partition coefficient (Wildman–Crippen LogP) is 3.21. The van der Waals surface area contributed by atoms with Crippen molar-refractivity contribution in [1.29, 1.82) is 0 Å². The molecule has 0 aliphatic heterocycles. The zero-order valence-corrected chi connectivity index (χ0v) is 19.7. The summed E-state index contributed by atoms with van der Waals surface area (Å²) in [4.78, 5) is 49.0. The fraction of sp³-hybridized carbons (Fsp3) is 0.208. The Labute approximate surface area is 200 Å². The van der Waals surface area contributed by atoms with Gasteiger partial charge in [-0.2, -0.15) is 0 Å². The summed E-state index contributed by atoms with van der Waals surface area (Å²) in [6, 6.07) is 13.0. The van der Waals surface area contributed by atoms with Crippen molar-refractivity contribution in [2.75, 3.05) is 0 Å². The Kier molecular flexibility index (Phi) is 6.69. The number of hydrogen-bond acceptors (Lipinski definition) is 6. The molecule has 4 N–H and O–H groups in total. The standard InChI is InChI=1S/C24H24N6O3S/c1-13(2)19(28-22(32)20-14(3)25-12-26-20)23(33)30-29-21(31)18-11-34-24(27-18)17-10-6-8-15-7-4-5-9-16(15)17/h4-13,19H,1-3H3,(H,25,26)(H,28,32)(H,29,31)(H,30,33)/t19-/m0/s1. The Bertz CT molecular complexity index is 1350. The molecule has 0 spiro atoms. The normalized spacial score (nSPS) is 11.9. The van der Waals surface area contributed by atoms with Gasteiger partial charge in [-0.1, -0.05) is 56.3 Å². The van der Waals surface area contributed by atoms with Gasteiger partial charge in [0.1, 0.15) is 22.4 Å². The van der Waals surface area contributed by atoms with E-state index in [9.17, 15) is 14.4 Å². The minimum absolute atomic E-state index is 0.186. The van der Waals surface area contributed by atoms with Crippen LogP contribution in [0.25, 0.3) is 21.3 Å². The summed E-state index contributed by atoms with van der Waals surface area (Å²) in [5.74, 6) is -1.79. The summed E-state index contributed by atoms with van der Waals surface area (Å²) >= 11 is 1.35. The van der Waals surface area contributed by atoms with Crippen LogP contribution in [-0.2, 0) is 4.79 Å². The van der Waals surface area contributed by atoms with E-state index < -0.39 is 23.8 Å². The lowest BCUT2D eigenvalue weighted by Crippen LogP contribution is -2.54. The van der Waals surface area contributed by atoms with Gasteiger partial charge in [0.05, 0.1) is 6.33 Å². The summed E-state index contributed by atoms with van der Waals surface area (Å²) in [7, 11) is 0. The van der Waals surface area contributed by atoms with Crippen LogP contribution >= 0.6 is 11.3 Å². The van der Waals surface area contributed by atoms with Crippen molar-refractivity contribution < 1.29 is 14.4 Å². The molecule has 0 saturated carbocycles. The van der Waals surface area contributed by atoms with Crippen molar-refractivity contribution in [2.24, 2.45) is 5.92 Å². The Hall–Kier alpha value is -4.05. The van der Waals surface area contributed by atoms with Gasteiger partial charge in [0, 0.05) is 16.6 Å². The second kappa shape index (κ2) is 9.84. The van der Waals surface area contributed by atoms with Gasteiger partial charge in [-0.3, -0.25) is 25.2 Å². The highest BCUT2D eigenvalue weighted by Crippen LogP contribution is 2.30. The SMILES string of the molecule is Cc1[nH]cnc1C(=O)N[C@H](C(=O)NNC(=O)c1csc(-c2cccc3ccccc23)n1)C(C)C. The van der Waals surface area contributed by atoms with Crippen molar-refractivity contribution in [3.8, 4) is 10.6 Å². The van der Waals surface area contributed by atoms with Gasteiger partial charge in [0.2, 0.25) is 0 Å². The first kappa shape index (κ1) is 23.1. The maximum atomic E-state index is 12.7. The molecule has 0 aliphatic carbocycles. The Morgan fingerprint density at radius 2 is 1.76 bits per heavy atom. The van der Waals surface area contributed by atoms with Crippen LogP contribution in [0.1, 0.15) is 40.5 Å². The van der Waals surface area contributed by atoms with Crippen LogP contribution in [0.15, 0.2) is 54.2 Å². The number of hydrazine groups is 1. The first-order chi connectivity index (χ1) is 16.3. The first-order valence-electron chi connectivity index (χ1n) is 10.7. The number of carbonyl (C=O) groups excluding carboxylic acids is 3. The molecule has 10 heteroatoms. The number of thiazole rings is 1. The Balaban J connectivity index is 1.42. The zero-order chi connectivity index (χ0) is 24.2. The molecule has 4 rings (SSSR count). The molecule has 2 aromatic heterocycles. The molecule has 0 bridgehead atoms. The molecule has 4 aromatic rings. The molecule has 0 fully saturated rings. The lowest BCUT2D eigenvalue weighted by Gasteiger charge is -2.21. The van der Waals surface area contributed by atoms with Crippen molar-refractivity contribution in [3.05, 3.63) is 71.3 Å². The molecule has 2 aromatic carbocycles. The summed E-state index contributed by atoms with van der Waals surface area (Å²) < 4.78 is 0. The number of rotatable bonds is 6. The fourth-order valence-electron chi connectivity index (χ4n) is 3.51. The first-order valence-corrected chi connectivity index (χ1v) is 11.6. The molecular formula is C24H24N6O3S. The highest BCUT2D eigenvalue weighted by molar-refractivity contribution is 7.13. The van der Waals surface area contributed by atoms with E-state index in [1.54, 1.807) is 26.2 Å². The molecule has 174 valence electrons. The van der Waals surface area contributed by atoms with Crippen LogP contribution in [-0.4, -0.2) is 38.7 Å². The van der Waals surface area contributed by atoms with E-state index in [0.717, 1.165) is 16.3 Å². The van der Waals surface area contributed by atoms with E-state index in [0.29, 0.717) is 10.7 Å². The van der Waals surface area contributed by atoms with Crippen LogP contribution in [0, 0.1) is 12.8 Å². The number of carbonyl (C=O) groups is 3. The average molecular weight is 477 g/mol. The summed E-state index contributed by atoms with van der Waals surface area (Å²) in [6.45, 7) is 5.30. The largest absolute Gasteiger partial charge is 0.348 e. The molecule has 0 saturated heterocycles. The Morgan fingerprint density at radius 1 is 1.00 bits per heavy atom. The number of hydrogen-bond donors (Lipinski definition) is 4. The maximum absolute atomic E-state index is 12.7. The third kappa shape index (κ3) is 4.81. The molecule has 9 nitrogen and oxygen atoms in total. The monoisotopic (exact) mass is 476 g/mol. The van der Waals surface area contributed by atoms with Gasteiger partial charge in [-0.15, -0.1) is 11.3 Å². The number of benzene rings is 2. The minimum atomic E-state index is -0.870. The Morgan fingerprint density at radius 3 is 2.50 bits per heavy atom. The molecule has 1 atom stereocenters. The van der Waals surface area contributed by atoms with Crippen molar-refractivity contribution >= 4 is 39.8 Å². The molecule has 34 heavy (non-hydrogen) atoms. The quantitative estimate of drug-likeness (QED) is 0.318. The van der Waals surface area contributed by atoms with E-state index in [-0.39, 0.29) is 17.3 Å². The average Bonchev–Trinajstić information content (AvgIpc) is 3.49. The summed E-state index contributed by atoms with van der Waals surface area (Å²) in [5.41, 5.74) is 6.71. The number of aromatic nitrogens is 3. The van der Waals surface area contributed by atoms with Crippen LogP contribution in [0.2, 0.25) is 0 Å². The maximum Gasteiger partial charge on any atom is 0.289 e. The molecule has 3 amide bonds. The van der Waals surface area contributed by atoms with Gasteiger partial charge < -0.3 is 10.3 Å². The number of fused-ring (bicyclic) bond motifs is 1. The van der Waals surface area contributed by atoms with Gasteiger partial charge >= 0.3 is 0 Å². The van der Waals surface area contributed by atoms with Gasteiger partial charge in [0.25, 0.3) is 17.7 Å². The topological polar surface area (TPSA) is 129 Å². The zero-order valence-electron chi connectivity index (χ0n) is 18.9. The third-order valence-electron chi connectivity index (χ3n) is 5.34. The number of H-pyrrole nitrogens is 1. The van der Waals surface area contributed by atoms with E-state index in [4.69, 9.17) is 0 Å². The van der Waals surface area contributed by atoms with Gasteiger partial charge in [0.15, 0.2) is 0 Å². The second-order valence-electron chi connectivity index (χ2n) is 8.08. The number of imidazole rings is 1. The highest BCUT2D eigenvalue weighted by Gasteiger charge is 2.26. The smallest absolute Gasteiger partial charge is 0.289 e. The van der Waals surface area contributed by atoms with E-state index in [1.807, 2.05) is 42.5 Å². The van der Waals surface area contributed by atoms with Crippen molar-refractivity contribution in [1.82, 2.24) is 31.1 Å². The molecule has 2 heterocycles. The summed E-state index contributed by atoms with van der Waals surface area (Å²) in [5, 5.41) is 7.14.